The van der Waals surface area contributed by atoms with E-state index in [9.17, 15) is 19.3 Å². The van der Waals surface area contributed by atoms with Crippen LogP contribution in [0.15, 0.2) is 89.8 Å². The number of methoxy groups -OCH3 is 2. The molecule has 8 rings (SSSR count). The number of fused-ring (bicyclic) bond motifs is 2. The topological polar surface area (TPSA) is 205 Å². The summed E-state index contributed by atoms with van der Waals surface area (Å²) in [6, 6.07) is 19.8. The highest BCUT2D eigenvalue weighted by atomic mass is 35.5. The van der Waals surface area contributed by atoms with E-state index >= 15 is 0 Å². The Bertz CT molecular complexity index is 2870. The second kappa shape index (κ2) is 19.9. The fourth-order valence-corrected chi connectivity index (χ4v) is 7.77. The predicted octanol–water partition coefficient (Wildman–Crippen LogP) is 10.7. The highest BCUT2D eigenvalue weighted by Gasteiger charge is 2.17. The van der Waals surface area contributed by atoms with Gasteiger partial charge in [-0.25, -0.2) is 33.7 Å². The number of aromatic nitrogens is 6. The molecule has 0 amide bonds. The smallest absolute Gasteiger partial charge is 0.213 e. The number of nitrogens with zero attached hydrogens (tertiary/aromatic N) is 8. The summed E-state index contributed by atoms with van der Waals surface area (Å²) >= 11 is 15.9. The maximum atomic E-state index is 13.4. The summed E-state index contributed by atoms with van der Waals surface area (Å²) in [6.07, 6.45) is 8.02. The first-order chi connectivity index (χ1) is 29.0. The van der Waals surface area contributed by atoms with Crippen LogP contribution in [0.25, 0.3) is 20.7 Å². The number of nitrogen functional groups attached to an aromatic ring is 1. The Kier molecular flexibility index (Phi) is 14.3. The van der Waals surface area contributed by atoms with Crippen molar-refractivity contribution in [1.82, 2.24) is 29.9 Å². The van der Waals surface area contributed by atoms with Crippen molar-refractivity contribution in [3.63, 3.8) is 0 Å². The number of hydrogen-bond acceptors (Lipinski definition) is 17. The molecule has 21 heteroatoms. The van der Waals surface area contributed by atoms with Gasteiger partial charge in [0.1, 0.15) is 28.5 Å². The van der Waals surface area contributed by atoms with Crippen molar-refractivity contribution in [3.8, 4) is 23.9 Å². The third-order valence-electron chi connectivity index (χ3n) is 7.78. The van der Waals surface area contributed by atoms with Crippen molar-refractivity contribution >= 4 is 118 Å². The van der Waals surface area contributed by atoms with Crippen LogP contribution >= 0.6 is 57.6 Å². The summed E-state index contributed by atoms with van der Waals surface area (Å²) in [4.78, 5) is 25.3. The van der Waals surface area contributed by atoms with Crippen LogP contribution in [0.5, 0.6) is 11.8 Å². The summed E-state index contributed by atoms with van der Waals surface area (Å²) in [6.45, 7) is 0. The van der Waals surface area contributed by atoms with Crippen LogP contribution in [0.2, 0.25) is 10.0 Å². The van der Waals surface area contributed by atoms with Crippen molar-refractivity contribution in [3.05, 3.63) is 118 Å². The van der Waals surface area contributed by atoms with Crippen LogP contribution in [0, 0.1) is 34.3 Å². The zero-order chi connectivity index (χ0) is 42.8. The number of thiazole rings is 2. The number of hydrogen-bond donors (Lipinski definition) is 4. The van der Waals surface area contributed by atoms with Crippen LogP contribution in [0.1, 0.15) is 11.1 Å². The van der Waals surface area contributed by atoms with Crippen molar-refractivity contribution in [2.75, 3.05) is 42.2 Å². The largest absolute Gasteiger partial charge is 0.481 e. The number of nitriles is 2. The summed E-state index contributed by atoms with van der Waals surface area (Å²) in [7, 11) is 3.11. The Labute approximate surface area is 363 Å². The molecule has 0 bridgehead atoms. The molecule has 0 saturated heterocycles. The fraction of sp³-hybridized carbons (Fsp3) is 0.0769. The molecule has 0 spiro atoms. The first kappa shape index (κ1) is 43.0. The zero-order valence-corrected chi connectivity index (χ0v) is 35.3. The van der Waals surface area contributed by atoms with Gasteiger partial charge in [0, 0.05) is 35.9 Å². The first-order valence-electron chi connectivity index (χ1n) is 16.9. The molecule has 2 aromatic carbocycles. The fourth-order valence-electron chi connectivity index (χ4n) is 4.94. The maximum Gasteiger partial charge on any atom is 0.213 e. The molecule has 0 aliphatic heterocycles. The third-order valence-corrected chi connectivity index (χ3v) is 11.4. The van der Waals surface area contributed by atoms with E-state index in [4.69, 9.17) is 38.4 Å². The molecule has 0 aliphatic carbocycles. The van der Waals surface area contributed by atoms with Crippen molar-refractivity contribution in [2.24, 2.45) is 0 Å². The van der Waals surface area contributed by atoms with E-state index < -0.39 is 11.6 Å². The minimum absolute atomic E-state index is 0.0162. The highest BCUT2D eigenvalue weighted by Crippen LogP contribution is 2.38. The normalized spacial score (nSPS) is 10.3. The van der Waals surface area contributed by atoms with E-state index in [-0.39, 0.29) is 10.0 Å². The van der Waals surface area contributed by atoms with Gasteiger partial charge in [0.15, 0.2) is 20.8 Å². The van der Waals surface area contributed by atoms with Crippen LogP contribution in [0.4, 0.5) is 48.0 Å². The molecule has 6 heterocycles. The Balaban J connectivity index is 0.000000171. The average Bonchev–Trinajstić information content (AvgIpc) is 3.89. The number of rotatable bonds is 9. The predicted molar refractivity (Wildman–Crippen MR) is 235 cm³/mol. The minimum Gasteiger partial charge on any atom is -0.481 e. The number of nitrogens with one attached hydrogen (secondary N) is 3. The van der Waals surface area contributed by atoms with Crippen LogP contribution in [-0.2, 0) is 0 Å². The molecule has 60 heavy (non-hydrogen) atoms. The standard InChI is InChI=1S/C19H12ClFN6OS.C14H8ClFN4S2.C6H8N2O/c1-28-15-5-3-12(9-23-15)26-19-27-18-17(29-19)16(10(7-22)8-24-18)25-11-2-4-14(21)13(20)6-11;1-21-14-20-13-12(22-14)11(7(5-17)6-18-13)19-8-2-3-10(16)9(15)4-8;1-9-6-3-2-5(7)4-8-6/h2-6,8-9H,1H3,(H2,24,25,26,27);2-4,6H,1H3,(H,18,19);2-4H,7H2,1H3. The van der Waals surface area contributed by atoms with Crippen LogP contribution < -0.4 is 31.2 Å². The number of halogens is 4. The molecule has 14 nitrogen and oxygen atoms in total. The van der Waals surface area contributed by atoms with Gasteiger partial charge in [0.25, 0.3) is 0 Å². The lowest BCUT2D eigenvalue weighted by Gasteiger charge is -2.09. The van der Waals surface area contributed by atoms with Gasteiger partial charge in [-0.15, -0.1) is 11.3 Å². The van der Waals surface area contributed by atoms with Gasteiger partial charge in [-0.3, -0.25) is 0 Å². The summed E-state index contributed by atoms with van der Waals surface area (Å²) in [5.41, 5.74) is 10.8. The van der Waals surface area contributed by atoms with E-state index in [1.807, 2.05) is 12.3 Å². The van der Waals surface area contributed by atoms with E-state index in [0.717, 1.165) is 14.7 Å². The monoisotopic (exact) mass is 900 g/mol. The molecule has 302 valence electrons. The number of ether oxygens (including phenoxy) is 2. The molecule has 5 N–H and O–H groups in total. The van der Waals surface area contributed by atoms with E-state index in [1.54, 1.807) is 50.9 Å². The lowest BCUT2D eigenvalue weighted by Crippen LogP contribution is -1.96. The van der Waals surface area contributed by atoms with Gasteiger partial charge in [0.2, 0.25) is 11.8 Å². The van der Waals surface area contributed by atoms with Crippen molar-refractivity contribution in [2.45, 2.75) is 4.34 Å². The van der Waals surface area contributed by atoms with Gasteiger partial charge < -0.3 is 31.2 Å². The Morgan fingerprint density at radius 1 is 0.667 bits per heavy atom. The molecular weight excluding hydrogens is 874 g/mol. The van der Waals surface area contributed by atoms with Gasteiger partial charge in [0.05, 0.1) is 75.2 Å². The van der Waals surface area contributed by atoms with E-state index in [1.165, 1.54) is 77.2 Å². The number of benzene rings is 2. The van der Waals surface area contributed by atoms with Crippen LogP contribution in [0.3, 0.4) is 0 Å². The summed E-state index contributed by atoms with van der Waals surface area (Å²) in [5, 5.41) is 28.7. The Morgan fingerprint density at radius 3 is 1.65 bits per heavy atom. The van der Waals surface area contributed by atoms with E-state index in [0.29, 0.717) is 72.4 Å². The SMILES string of the molecule is COc1ccc(N)cn1.COc1ccc(Nc2nc3ncc(C#N)c(Nc4ccc(F)c(Cl)c4)c3s2)cn1.CSc1nc2ncc(C#N)c(Nc3ccc(F)c(Cl)c3)c2s1. The lowest BCUT2D eigenvalue weighted by atomic mass is 10.2. The third kappa shape index (κ3) is 10.5. The molecular formula is C39H28Cl2F2N12O2S3. The highest BCUT2D eigenvalue weighted by molar-refractivity contribution is 8.00. The molecule has 0 unspecified atom stereocenters. The molecule has 0 aliphatic rings. The molecule has 0 saturated carbocycles. The second-order valence-electron chi connectivity index (χ2n) is 11.7. The number of thioether (sulfide) groups is 1. The number of pyridine rings is 4. The van der Waals surface area contributed by atoms with E-state index in [2.05, 4.69) is 58.0 Å². The van der Waals surface area contributed by atoms with Crippen molar-refractivity contribution < 1.29 is 18.3 Å². The minimum atomic E-state index is -0.519. The first-order valence-corrected chi connectivity index (χ1v) is 20.5. The van der Waals surface area contributed by atoms with Crippen LogP contribution in [-0.4, -0.2) is 50.4 Å². The van der Waals surface area contributed by atoms with Gasteiger partial charge >= 0.3 is 0 Å². The van der Waals surface area contributed by atoms with Gasteiger partial charge in [-0.2, -0.15) is 15.5 Å². The second-order valence-corrected chi connectivity index (χ2v) is 15.5. The van der Waals surface area contributed by atoms with Crippen molar-refractivity contribution in [1.29, 1.82) is 10.5 Å². The number of anilines is 7. The average molecular weight is 902 g/mol. The Morgan fingerprint density at radius 2 is 1.18 bits per heavy atom. The zero-order valence-electron chi connectivity index (χ0n) is 31.3. The molecule has 8 aromatic rings. The lowest BCUT2D eigenvalue weighted by molar-refractivity contribution is 0.398. The Hall–Kier alpha value is -6.61. The maximum absolute atomic E-state index is 13.4. The number of nitrogens with two attached hydrogens (primary N) is 1. The van der Waals surface area contributed by atoms with Gasteiger partial charge in [-0.05, 0) is 54.8 Å². The summed E-state index contributed by atoms with van der Waals surface area (Å²) < 4.78 is 38.9. The quantitative estimate of drug-likeness (QED) is 0.0995. The molecule has 6 aromatic heterocycles. The molecule has 0 radical (unpaired) electrons. The molecule has 0 atom stereocenters. The summed E-state index contributed by atoms with van der Waals surface area (Å²) in [5.74, 6) is 0.0823. The molecule has 0 fully saturated rings. The van der Waals surface area contributed by atoms with Gasteiger partial charge in [-0.1, -0.05) is 46.3 Å².